The third-order valence-corrected chi connectivity index (χ3v) is 5.09. The second-order valence-electron chi connectivity index (χ2n) is 7.23. The number of carbonyl (C=O) groups is 1. The average Bonchev–Trinajstić information content (AvgIpc) is 3.24. The number of nitrogens with one attached hydrogen (secondary N) is 1. The van der Waals surface area contributed by atoms with Crippen LogP contribution >= 0.6 is 0 Å². The van der Waals surface area contributed by atoms with Crippen molar-refractivity contribution in [3.63, 3.8) is 0 Å². The van der Waals surface area contributed by atoms with Gasteiger partial charge in [0.1, 0.15) is 0 Å². The molecule has 0 aliphatic heterocycles. The summed E-state index contributed by atoms with van der Waals surface area (Å²) in [5.74, 6) is -0.356. The first kappa shape index (κ1) is 20.2. The lowest BCUT2D eigenvalue weighted by Crippen LogP contribution is -2.09. The average molecular weight is 412 g/mol. The van der Waals surface area contributed by atoms with Crippen LogP contribution in [0.3, 0.4) is 0 Å². The van der Waals surface area contributed by atoms with E-state index < -0.39 is 0 Å². The summed E-state index contributed by atoms with van der Waals surface area (Å²) in [4.78, 5) is 16.5. The number of methoxy groups -OCH3 is 1. The minimum Gasteiger partial charge on any atom is -0.465 e. The van der Waals surface area contributed by atoms with Crippen molar-refractivity contribution >= 4 is 17.3 Å². The Morgan fingerprint density at radius 2 is 1.90 bits per heavy atom. The molecule has 3 N–H and O–H groups in total. The smallest absolute Gasteiger partial charge is 0.338 e. The Morgan fingerprint density at radius 1 is 1.06 bits per heavy atom. The number of esters is 1. The summed E-state index contributed by atoms with van der Waals surface area (Å²) < 4.78 is 7.04. The lowest BCUT2D eigenvalue weighted by atomic mass is 9.99. The SMILES string of the molecule is COC(=O)c1ccc(NCc2cncn2Cc2cccc(N)c2)cc1-c1ccccc1. The standard InChI is InChI=1S/C25H24N4O2/c1-31-25(30)23-11-10-21(13-24(23)19-7-3-2-4-8-19)28-15-22-14-27-17-29(22)16-18-6-5-9-20(26)12-18/h2-14,17,28H,15-16,26H2,1H3. The van der Waals surface area contributed by atoms with Crippen molar-refractivity contribution < 1.29 is 9.53 Å². The number of aromatic nitrogens is 2. The van der Waals surface area contributed by atoms with Gasteiger partial charge in [0.2, 0.25) is 0 Å². The Hall–Kier alpha value is -4.06. The van der Waals surface area contributed by atoms with E-state index in [0.717, 1.165) is 33.8 Å². The Morgan fingerprint density at radius 3 is 2.68 bits per heavy atom. The number of hydrogen-bond acceptors (Lipinski definition) is 5. The zero-order chi connectivity index (χ0) is 21.6. The molecule has 0 bridgehead atoms. The Kier molecular flexibility index (Phi) is 5.98. The van der Waals surface area contributed by atoms with E-state index in [0.29, 0.717) is 18.7 Å². The van der Waals surface area contributed by atoms with E-state index in [2.05, 4.69) is 14.9 Å². The number of hydrogen-bond donors (Lipinski definition) is 2. The topological polar surface area (TPSA) is 82.2 Å². The van der Waals surface area contributed by atoms with E-state index in [1.807, 2.05) is 79.3 Å². The van der Waals surface area contributed by atoms with Crippen molar-refractivity contribution in [3.8, 4) is 11.1 Å². The number of rotatable bonds is 7. The van der Waals surface area contributed by atoms with Crippen molar-refractivity contribution in [2.45, 2.75) is 13.1 Å². The molecule has 6 heteroatoms. The van der Waals surface area contributed by atoms with Crippen molar-refractivity contribution in [2.24, 2.45) is 0 Å². The van der Waals surface area contributed by atoms with E-state index in [9.17, 15) is 4.79 Å². The second-order valence-corrected chi connectivity index (χ2v) is 7.23. The number of nitrogens with two attached hydrogens (primary N) is 1. The summed E-state index contributed by atoms with van der Waals surface area (Å²) in [6.07, 6.45) is 3.66. The molecule has 0 aliphatic carbocycles. The van der Waals surface area contributed by atoms with Gasteiger partial charge in [-0.2, -0.15) is 0 Å². The molecule has 4 rings (SSSR count). The fourth-order valence-corrected chi connectivity index (χ4v) is 3.52. The Bertz CT molecular complexity index is 1190. The monoisotopic (exact) mass is 412 g/mol. The third-order valence-electron chi connectivity index (χ3n) is 5.09. The predicted octanol–water partition coefficient (Wildman–Crippen LogP) is 4.58. The molecule has 0 fully saturated rings. The third kappa shape index (κ3) is 4.75. The maximum absolute atomic E-state index is 12.2. The minimum absolute atomic E-state index is 0.356. The molecule has 1 heterocycles. The molecule has 6 nitrogen and oxygen atoms in total. The number of benzene rings is 3. The molecule has 1 aromatic heterocycles. The summed E-state index contributed by atoms with van der Waals surface area (Å²) in [5, 5.41) is 3.44. The number of nitrogens with zero attached hydrogens (tertiary/aromatic N) is 2. The lowest BCUT2D eigenvalue weighted by molar-refractivity contribution is 0.0601. The molecule has 0 saturated carbocycles. The first-order chi connectivity index (χ1) is 15.1. The quantitative estimate of drug-likeness (QED) is 0.343. The lowest BCUT2D eigenvalue weighted by Gasteiger charge is -2.14. The number of anilines is 2. The van der Waals surface area contributed by atoms with Crippen LogP contribution in [0.2, 0.25) is 0 Å². The van der Waals surface area contributed by atoms with Crippen molar-refractivity contribution in [2.75, 3.05) is 18.2 Å². The maximum atomic E-state index is 12.2. The van der Waals surface area contributed by atoms with Gasteiger partial charge in [0.15, 0.2) is 0 Å². The van der Waals surface area contributed by atoms with Crippen LogP contribution in [0.1, 0.15) is 21.6 Å². The van der Waals surface area contributed by atoms with Gasteiger partial charge in [0.05, 0.1) is 31.2 Å². The van der Waals surface area contributed by atoms with Crippen LogP contribution in [0, 0.1) is 0 Å². The predicted molar refractivity (Wildman–Crippen MR) is 123 cm³/mol. The summed E-state index contributed by atoms with van der Waals surface area (Å²) in [6.45, 7) is 1.28. The van der Waals surface area contributed by atoms with Gasteiger partial charge in [-0.3, -0.25) is 0 Å². The van der Waals surface area contributed by atoms with Crippen LogP contribution < -0.4 is 11.1 Å². The van der Waals surface area contributed by atoms with E-state index >= 15 is 0 Å². The maximum Gasteiger partial charge on any atom is 0.338 e. The fraction of sp³-hybridized carbons (Fsp3) is 0.120. The number of carbonyl (C=O) groups excluding carboxylic acids is 1. The zero-order valence-corrected chi connectivity index (χ0v) is 17.3. The molecule has 156 valence electrons. The van der Waals surface area contributed by atoms with Crippen molar-refractivity contribution in [1.29, 1.82) is 0 Å². The van der Waals surface area contributed by atoms with Crippen molar-refractivity contribution in [3.05, 3.63) is 102 Å². The number of imidazole rings is 1. The molecule has 4 aromatic rings. The number of nitrogen functional groups attached to an aromatic ring is 1. The van der Waals surface area contributed by atoms with E-state index in [1.54, 1.807) is 6.07 Å². The molecule has 0 atom stereocenters. The molecule has 0 amide bonds. The summed E-state index contributed by atoms with van der Waals surface area (Å²) in [5.41, 5.74) is 12.0. The summed E-state index contributed by atoms with van der Waals surface area (Å²) in [7, 11) is 1.39. The van der Waals surface area contributed by atoms with Crippen LogP contribution in [-0.4, -0.2) is 22.6 Å². The van der Waals surface area contributed by atoms with Crippen LogP contribution in [-0.2, 0) is 17.8 Å². The molecule has 0 spiro atoms. The fourth-order valence-electron chi connectivity index (χ4n) is 3.52. The van der Waals surface area contributed by atoms with Gasteiger partial charge < -0.3 is 20.4 Å². The van der Waals surface area contributed by atoms with E-state index in [4.69, 9.17) is 10.5 Å². The molecule has 31 heavy (non-hydrogen) atoms. The Labute approximate surface area is 181 Å². The van der Waals surface area contributed by atoms with Crippen molar-refractivity contribution in [1.82, 2.24) is 9.55 Å². The molecule has 0 radical (unpaired) electrons. The van der Waals surface area contributed by atoms with Gasteiger partial charge in [-0.15, -0.1) is 0 Å². The normalized spacial score (nSPS) is 10.6. The minimum atomic E-state index is -0.356. The van der Waals surface area contributed by atoms with Crippen LogP contribution in [0.4, 0.5) is 11.4 Å². The molecular formula is C25H24N4O2. The van der Waals surface area contributed by atoms with Gasteiger partial charge in [0, 0.05) is 24.1 Å². The van der Waals surface area contributed by atoms with Crippen LogP contribution in [0.25, 0.3) is 11.1 Å². The van der Waals surface area contributed by atoms with E-state index in [1.165, 1.54) is 7.11 Å². The highest BCUT2D eigenvalue weighted by Crippen LogP contribution is 2.28. The summed E-state index contributed by atoms with van der Waals surface area (Å²) >= 11 is 0. The van der Waals surface area contributed by atoms with Crippen LogP contribution in [0.5, 0.6) is 0 Å². The molecule has 0 unspecified atom stereocenters. The molecular weight excluding hydrogens is 388 g/mol. The van der Waals surface area contributed by atoms with Gasteiger partial charge in [0.25, 0.3) is 0 Å². The van der Waals surface area contributed by atoms with Gasteiger partial charge in [-0.05, 0) is 47.0 Å². The first-order valence-electron chi connectivity index (χ1n) is 9.99. The Balaban J connectivity index is 1.55. The van der Waals surface area contributed by atoms with Gasteiger partial charge in [-0.1, -0.05) is 42.5 Å². The molecule has 3 aromatic carbocycles. The first-order valence-corrected chi connectivity index (χ1v) is 9.99. The van der Waals surface area contributed by atoms with Gasteiger partial charge in [-0.25, -0.2) is 9.78 Å². The highest BCUT2D eigenvalue weighted by Gasteiger charge is 2.14. The largest absolute Gasteiger partial charge is 0.465 e. The highest BCUT2D eigenvalue weighted by atomic mass is 16.5. The number of ether oxygens (including phenoxy) is 1. The zero-order valence-electron chi connectivity index (χ0n) is 17.3. The van der Waals surface area contributed by atoms with E-state index in [-0.39, 0.29) is 5.97 Å². The second kappa shape index (κ2) is 9.17. The van der Waals surface area contributed by atoms with Gasteiger partial charge >= 0.3 is 5.97 Å². The van der Waals surface area contributed by atoms with Crippen LogP contribution in [0.15, 0.2) is 85.3 Å². The molecule has 0 aliphatic rings. The molecule has 0 saturated heterocycles. The highest BCUT2D eigenvalue weighted by molar-refractivity contribution is 5.98. The summed E-state index contributed by atoms with van der Waals surface area (Å²) in [6, 6.07) is 23.3.